The summed E-state index contributed by atoms with van der Waals surface area (Å²) in [4.78, 5) is 41.0. The molecule has 0 bridgehead atoms. The highest BCUT2D eigenvalue weighted by atomic mass is 32.2. The smallest absolute Gasteiger partial charge is 0.324 e. The second-order valence-corrected chi connectivity index (χ2v) is 9.11. The van der Waals surface area contributed by atoms with Crippen molar-refractivity contribution in [2.75, 3.05) is 18.8 Å². The molecule has 4 rings (SSSR count). The zero-order valence-electron chi connectivity index (χ0n) is 15.8. The summed E-state index contributed by atoms with van der Waals surface area (Å²) in [5.74, 6) is 0.237. The molecule has 4 amide bonds. The van der Waals surface area contributed by atoms with Gasteiger partial charge in [-0.2, -0.15) is 0 Å². The number of hydrogen-bond acceptors (Lipinski definition) is 4. The summed E-state index contributed by atoms with van der Waals surface area (Å²) >= 11 is 1.49. The zero-order chi connectivity index (χ0) is 19.9. The summed E-state index contributed by atoms with van der Waals surface area (Å²) in [6.07, 6.45) is 2.99. The number of thioether (sulfide) groups is 1. The lowest BCUT2D eigenvalue weighted by molar-refractivity contribution is -0.139. The van der Waals surface area contributed by atoms with E-state index in [1.807, 2.05) is 0 Å². The number of carbonyl (C=O) groups excluding carboxylic acids is 3. The Kier molecular flexibility index (Phi) is 5.07. The highest BCUT2D eigenvalue weighted by Gasteiger charge is 2.52. The van der Waals surface area contributed by atoms with Crippen molar-refractivity contribution in [3.8, 4) is 0 Å². The molecule has 0 radical (unpaired) electrons. The van der Waals surface area contributed by atoms with E-state index in [1.54, 1.807) is 23.1 Å². The van der Waals surface area contributed by atoms with Crippen LogP contribution in [0, 0.1) is 11.7 Å². The Bertz CT molecular complexity index is 810. The molecule has 1 spiro atoms. The molecule has 0 unspecified atom stereocenters. The lowest BCUT2D eigenvalue weighted by atomic mass is 9.77. The molecule has 3 aliphatic rings. The van der Waals surface area contributed by atoms with Gasteiger partial charge < -0.3 is 10.2 Å². The van der Waals surface area contributed by atoms with Crippen molar-refractivity contribution < 1.29 is 18.8 Å². The highest BCUT2D eigenvalue weighted by molar-refractivity contribution is 7.99. The molecule has 6 nitrogen and oxygen atoms in total. The number of rotatable bonds is 3. The van der Waals surface area contributed by atoms with Crippen molar-refractivity contribution in [3.05, 3.63) is 35.6 Å². The standard InChI is InChI=1S/C20H24FN3O3S/c1-13-6-8-20(9-7-13)18(26)24(19(27)22-20)12-16(25)23-10-11-28-17(23)14-4-2-3-5-15(14)21/h2-5,13,17H,6-12H2,1H3,(H,22,27)/t13?,17-,20?/m1/s1. The van der Waals surface area contributed by atoms with Gasteiger partial charge in [-0.25, -0.2) is 9.18 Å². The highest BCUT2D eigenvalue weighted by Crippen LogP contribution is 2.40. The van der Waals surface area contributed by atoms with Crippen LogP contribution in [0.5, 0.6) is 0 Å². The topological polar surface area (TPSA) is 69.7 Å². The van der Waals surface area contributed by atoms with Crippen LogP contribution in [0.25, 0.3) is 0 Å². The molecule has 2 heterocycles. The van der Waals surface area contributed by atoms with E-state index >= 15 is 0 Å². The van der Waals surface area contributed by atoms with Crippen LogP contribution in [-0.2, 0) is 9.59 Å². The number of amides is 4. The number of hydrogen-bond donors (Lipinski definition) is 1. The van der Waals surface area contributed by atoms with Crippen LogP contribution in [0.1, 0.15) is 43.5 Å². The quantitative estimate of drug-likeness (QED) is 0.785. The largest absolute Gasteiger partial charge is 0.325 e. The molecule has 1 N–H and O–H groups in total. The third-order valence-electron chi connectivity index (χ3n) is 6.05. The van der Waals surface area contributed by atoms with Crippen molar-refractivity contribution in [1.82, 2.24) is 15.1 Å². The average Bonchev–Trinajstić information content (AvgIpc) is 3.24. The van der Waals surface area contributed by atoms with E-state index in [4.69, 9.17) is 0 Å². The van der Waals surface area contributed by atoms with E-state index in [2.05, 4.69) is 12.2 Å². The summed E-state index contributed by atoms with van der Waals surface area (Å²) < 4.78 is 14.2. The minimum atomic E-state index is -0.853. The molecule has 1 saturated carbocycles. The van der Waals surface area contributed by atoms with E-state index in [0.29, 0.717) is 36.6 Å². The predicted octanol–water partition coefficient (Wildman–Crippen LogP) is 2.90. The van der Waals surface area contributed by atoms with E-state index in [0.717, 1.165) is 17.7 Å². The first-order chi connectivity index (χ1) is 13.4. The Morgan fingerprint density at radius 1 is 1.29 bits per heavy atom. The molecule has 2 saturated heterocycles. The zero-order valence-corrected chi connectivity index (χ0v) is 16.6. The van der Waals surface area contributed by atoms with E-state index in [9.17, 15) is 18.8 Å². The molecule has 1 aliphatic carbocycles. The molecular weight excluding hydrogens is 381 g/mol. The van der Waals surface area contributed by atoms with Gasteiger partial charge in [0, 0.05) is 17.9 Å². The van der Waals surface area contributed by atoms with Crippen molar-refractivity contribution in [3.63, 3.8) is 0 Å². The fraction of sp³-hybridized carbons (Fsp3) is 0.550. The van der Waals surface area contributed by atoms with Crippen LogP contribution in [0.4, 0.5) is 9.18 Å². The Morgan fingerprint density at radius 3 is 2.71 bits per heavy atom. The molecule has 1 aromatic rings. The first kappa shape index (κ1) is 19.2. The van der Waals surface area contributed by atoms with Gasteiger partial charge in [0.1, 0.15) is 23.3 Å². The van der Waals surface area contributed by atoms with Gasteiger partial charge in [0.2, 0.25) is 5.91 Å². The summed E-state index contributed by atoms with van der Waals surface area (Å²) in [6, 6.07) is 5.90. The number of nitrogens with zero attached hydrogens (tertiary/aromatic N) is 2. The first-order valence-corrected chi connectivity index (χ1v) is 10.8. The van der Waals surface area contributed by atoms with Gasteiger partial charge >= 0.3 is 6.03 Å². The van der Waals surface area contributed by atoms with Crippen molar-refractivity contribution >= 4 is 29.6 Å². The Labute approximate surface area is 167 Å². The van der Waals surface area contributed by atoms with E-state index in [-0.39, 0.29) is 24.2 Å². The van der Waals surface area contributed by atoms with Crippen molar-refractivity contribution in [2.45, 2.75) is 43.5 Å². The van der Waals surface area contributed by atoms with Gasteiger partial charge in [0.25, 0.3) is 5.91 Å². The summed E-state index contributed by atoms with van der Waals surface area (Å²) in [6.45, 7) is 2.31. The van der Waals surface area contributed by atoms with Crippen LogP contribution in [0.2, 0.25) is 0 Å². The van der Waals surface area contributed by atoms with Crippen molar-refractivity contribution in [1.29, 1.82) is 0 Å². The molecular formula is C20H24FN3O3S. The molecule has 28 heavy (non-hydrogen) atoms. The van der Waals surface area contributed by atoms with Crippen LogP contribution in [0.3, 0.4) is 0 Å². The summed E-state index contributed by atoms with van der Waals surface area (Å²) in [5.41, 5.74) is -0.400. The van der Waals surface area contributed by atoms with Crippen LogP contribution >= 0.6 is 11.8 Å². The molecule has 3 fully saturated rings. The van der Waals surface area contributed by atoms with Gasteiger partial charge in [0.15, 0.2) is 0 Å². The number of imide groups is 1. The Morgan fingerprint density at radius 2 is 2.00 bits per heavy atom. The number of halogens is 1. The fourth-order valence-electron chi connectivity index (χ4n) is 4.30. The van der Waals surface area contributed by atoms with Crippen LogP contribution in [-0.4, -0.2) is 52.0 Å². The van der Waals surface area contributed by atoms with Crippen molar-refractivity contribution in [2.24, 2.45) is 5.92 Å². The van der Waals surface area contributed by atoms with Gasteiger partial charge in [-0.1, -0.05) is 25.1 Å². The van der Waals surface area contributed by atoms with Gasteiger partial charge in [-0.15, -0.1) is 11.8 Å². The van der Waals surface area contributed by atoms with Gasteiger partial charge in [-0.3, -0.25) is 14.5 Å². The van der Waals surface area contributed by atoms with Crippen LogP contribution < -0.4 is 5.32 Å². The molecule has 0 aromatic heterocycles. The SMILES string of the molecule is CC1CCC2(CC1)NC(=O)N(CC(=O)N1CCS[C@@H]1c1ccccc1F)C2=O. The second kappa shape index (κ2) is 7.39. The van der Waals surface area contributed by atoms with Gasteiger partial charge in [-0.05, 0) is 37.7 Å². The maximum Gasteiger partial charge on any atom is 0.325 e. The molecule has 2 aliphatic heterocycles. The predicted molar refractivity (Wildman–Crippen MR) is 104 cm³/mol. The molecule has 150 valence electrons. The molecule has 8 heteroatoms. The Balaban J connectivity index is 1.48. The molecule has 1 aromatic carbocycles. The maximum absolute atomic E-state index is 14.2. The third kappa shape index (κ3) is 3.27. The maximum atomic E-state index is 14.2. The fourth-order valence-corrected chi connectivity index (χ4v) is 5.60. The van der Waals surface area contributed by atoms with E-state index in [1.165, 1.54) is 17.8 Å². The van der Waals surface area contributed by atoms with E-state index < -0.39 is 16.9 Å². The van der Waals surface area contributed by atoms with Crippen LogP contribution in [0.15, 0.2) is 24.3 Å². The lowest BCUT2D eigenvalue weighted by Crippen LogP contribution is -2.50. The summed E-state index contributed by atoms with van der Waals surface area (Å²) in [5, 5.41) is 2.41. The minimum Gasteiger partial charge on any atom is -0.324 e. The first-order valence-electron chi connectivity index (χ1n) is 9.71. The number of carbonyl (C=O) groups is 3. The monoisotopic (exact) mass is 405 g/mol. The molecule has 1 atom stereocenters. The second-order valence-electron chi connectivity index (χ2n) is 7.92. The number of nitrogens with one attached hydrogen (secondary N) is 1. The summed E-state index contributed by atoms with van der Waals surface area (Å²) in [7, 11) is 0. The Hall–Kier alpha value is -2.09. The third-order valence-corrected chi connectivity index (χ3v) is 7.29. The normalized spacial score (nSPS) is 30.2. The average molecular weight is 405 g/mol. The lowest BCUT2D eigenvalue weighted by Gasteiger charge is -2.33. The van der Waals surface area contributed by atoms with Gasteiger partial charge in [0.05, 0.1) is 0 Å². The minimum absolute atomic E-state index is 0.298. The number of urea groups is 1. The number of benzene rings is 1.